The maximum absolute atomic E-state index is 10.9. The van der Waals surface area contributed by atoms with Crippen molar-refractivity contribution in [2.45, 2.75) is 20.0 Å². The van der Waals surface area contributed by atoms with Gasteiger partial charge < -0.3 is 14.8 Å². The molecule has 6 nitrogen and oxygen atoms in total. The Labute approximate surface area is 104 Å². The number of rotatable bonds is 5. The second kappa shape index (κ2) is 5.42. The minimum atomic E-state index is -1.03. The number of carboxylic acids is 1. The van der Waals surface area contributed by atoms with E-state index < -0.39 is 5.97 Å². The summed E-state index contributed by atoms with van der Waals surface area (Å²) in [4.78, 5) is 18.6. The third kappa shape index (κ3) is 2.92. The van der Waals surface area contributed by atoms with Gasteiger partial charge in [-0.1, -0.05) is 0 Å². The molecular formula is C12H13N3O3. The summed E-state index contributed by atoms with van der Waals surface area (Å²) in [6.45, 7) is 2.75. The molecule has 2 aromatic heterocycles. The first-order valence-electron chi connectivity index (χ1n) is 5.45. The fourth-order valence-electron chi connectivity index (χ4n) is 1.56. The Hall–Kier alpha value is -2.21. The quantitative estimate of drug-likeness (QED) is 0.829. The van der Waals surface area contributed by atoms with Gasteiger partial charge in [-0.05, 0) is 19.1 Å². The predicted molar refractivity (Wildman–Crippen MR) is 63.0 cm³/mol. The Kier molecular flexibility index (Phi) is 3.69. The van der Waals surface area contributed by atoms with Crippen LogP contribution in [0.25, 0.3) is 0 Å². The summed E-state index contributed by atoms with van der Waals surface area (Å²) in [7, 11) is 0. The molecule has 2 aromatic rings. The van der Waals surface area contributed by atoms with Gasteiger partial charge in [-0.3, -0.25) is 0 Å². The highest BCUT2D eigenvalue weighted by atomic mass is 16.4. The lowest BCUT2D eigenvalue weighted by molar-refractivity contribution is 0.0694. The van der Waals surface area contributed by atoms with Crippen molar-refractivity contribution in [1.82, 2.24) is 15.3 Å². The number of carboxylic acid groups (broad SMARTS) is 1. The van der Waals surface area contributed by atoms with Crippen LogP contribution < -0.4 is 5.32 Å². The second-order valence-electron chi connectivity index (χ2n) is 3.80. The summed E-state index contributed by atoms with van der Waals surface area (Å²) in [5, 5.41) is 12.0. The molecule has 0 bridgehead atoms. The standard InChI is InChI=1S/C12H13N3O3/c1-8-2-3-9(18-8)4-13-6-11-10(12(16)17)5-14-7-15-11/h2-3,5,7,13H,4,6H2,1H3,(H,16,17). The number of aromatic nitrogens is 2. The summed E-state index contributed by atoms with van der Waals surface area (Å²) in [6, 6.07) is 3.75. The molecular weight excluding hydrogens is 234 g/mol. The monoisotopic (exact) mass is 247 g/mol. The average molecular weight is 247 g/mol. The molecule has 0 saturated carbocycles. The molecule has 0 aromatic carbocycles. The lowest BCUT2D eigenvalue weighted by Gasteiger charge is -2.04. The SMILES string of the molecule is Cc1ccc(CNCc2ncncc2C(=O)O)o1. The Morgan fingerprint density at radius 2 is 2.28 bits per heavy atom. The summed E-state index contributed by atoms with van der Waals surface area (Å²) in [5.74, 6) is 0.625. The van der Waals surface area contributed by atoms with Crippen LogP contribution >= 0.6 is 0 Å². The second-order valence-corrected chi connectivity index (χ2v) is 3.80. The van der Waals surface area contributed by atoms with E-state index in [1.807, 2.05) is 19.1 Å². The van der Waals surface area contributed by atoms with Gasteiger partial charge in [0.05, 0.1) is 12.2 Å². The normalized spacial score (nSPS) is 10.5. The Morgan fingerprint density at radius 1 is 1.44 bits per heavy atom. The van der Waals surface area contributed by atoms with Crippen molar-refractivity contribution in [2.75, 3.05) is 0 Å². The number of aromatic carboxylic acids is 1. The van der Waals surface area contributed by atoms with Gasteiger partial charge in [0.1, 0.15) is 23.4 Å². The first kappa shape index (κ1) is 12.3. The molecule has 0 aliphatic heterocycles. The lowest BCUT2D eigenvalue weighted by atomic mass is 10.2. The lowest BCUT2D eigenvalue weighted by Crippen LogP contribution is -2.16. The minimum Gasteiger partial charge on any atom is -0.478 e. The third-order valence-corrected chi connectivity index (χ3v) is 2.41. The van der Waals surface area contributed by atoms with Gasteiger partial charge in [0.25, 0.3) is 0 Å². The number of nitrogens with zero attached hydrogens (tertiary/aromatic N) is 2. The molecule has 0 unspecified atom stereocenters. The van der Waals surface area contributed by atoms with Crippen molar-refractivity contribution in [3.05, 3.63) is 47.4 Å². The van der Waals surface area contributed by atoms with Crippen molar-refractivity contribution in [3.63, 3.8) is 0 Å². The van der Waals surface area contributed by atoms with E-state index >= 15 is 0 Å². The number of aryl methyl sites for hydroxylation is 1. The third-order valence-electron chi connectivity index (χ3n) is 2.41. The first-order valence-corrected chi connectivity index (χ1v) is 5.45. The molecule has 0 aliphatic rings. The van der Waals surface area contributed by atoms with Crippen LogP contribution in [0.5, 0.6) is 0 Å². The zero-order valence-corrected chi connectivity index (χ0v) is 9.88. The van der Waals surface area contributed by atoms with E-state index in [0.29, 0.717) is 18.8 Å². The van der Waals surface area contributed by atoms with Crippen molar-refractivity contribution in [3.8, 4) is 0 Å². The van der Waals surface area contributed by atoms with E-state index in [4.69, 9.17) is 9.52 Å². The largest absolute Gasteiger partial charge is 0.478 e. The van der Waals surface area contributed by atoms with E-state index in [2.05, 4.69) is 15.3 Å². The van der Waals surface area contributed by atoms with Crippen LogP contribution in [-0.2, 0) is 13.1 Å². The van der Waals surface area contributed by atoms with Crippen molar-refractivity contribution in [2.24, 2.45) is 0 Å². The van der Waals surface area contributed by atoms with Crippen molar-refractivity contribution in [1.29, 1.82) is 0 Å². The zero-order valence-electron chi connectivity index (χ0n) is 9.88. The van der Waals surface area contributed by atoms with Crippen molar-refractivity contribution >= 4 is 5.97 Å². The van der Waals surface area contributed by atoms with Crippen LogP contribution in [0, 0.1) is 6.92 Å². The molecule has 2 rings (SSSR count). The summed E-state index contributed by atoms with van der Waals surface area (Å²) in [6.07, 6.45) is 2.63. The van der Waals surface area contributed by atoms with E-state index in [-0.39, 0.29) is 5.56 Å². The smallest absolute Gasteiger partial charge is 0.339 e. The van der Waals surface area contributed by atoms with Gasteiger partial charge in [-0.2, -0.15) is 0 Å². The first-order chi connectivity index (χ1) is 8.66. The number of furan rings is 1. The molecule has 0 amide bonds. The van der Waals surface area contributed by atoms with E-state index in [0.717, 1.165) is 11.5 Å². The molecule has 18 heavy (non-hydrogen) atoms. The highest BCUT2D eigenvalue weighted by molar-refractivity contribution is 5.88. The number of nitrogens with one attached hydrogen (secondary N) is 1. The molecule has 94 valence electrons. The topological polar surface area (TPSA) is 88.2 Å². The van der Waals surface area contributed by atoms with Gasteiger partial charge in [0.15, 0.2) is 0 Å². The van der Waals surface area contributed by atoms with Crippen LogP contribution in [0.3, 0.4) is 0 Å². The van der Waals surface area contributed by atoms with E-state index in [9.17, 15) is 4.79 Å². The Morgan fingerprint density at radius 3 is 2.94 bits per heavy atom. The van der Waals surface area contributed by atoms with Gasteiger partial charge in [0.2, 0.25) is 0 Å². The number of hydrogen-bond donors (Lipinski definition) is 2. The summed E-state index contributed by atoms with van der Waals surface area (Å²) < 4.78 is 5.39. The van der Waals surface area contributed by atoms with Gasteiger partial charge >= 0.3 is 5.97 Å². The summed E-state index contributed by atoms with van der Waals surface area (Å²) >= 11 is 0. The van der Waals surface area contributed by atoms with Gasteiger partial charge in [-0.15, -0.1) is 0 Å². The molecule has 6 heteroatoms. The summed E-state index contributed by atoms with van der Waals surface area (Å²) in [5.41, 5.74) is 0.571. The molecule has 0 saturated heterocycles. The minimum absolute atomic E-state index is 0.112. The van der Waals surface area contributed by atoms with Crippen LogP contribution in [0.15, 0.2) is 29.1 Å². The molecule has 0 radical (unpaired) electrons. The van der Waals surface area contributed by atoms with Crippen molar-refractivity contribution < 1.29 is 14.3 Å². The Bertz CT molecular complexity index is 551. The van der Waals surface area contributed by atoms with Gasteiger partial charge in [-0.25, -0.2) is 14.8 Å². The average Bonchev–Trinajstić information content (AvgIpc) is 2.75. The van der Waals surface area contributed by atoms with Crippen LogP contribution in [0.1, 0.15) is 27.6 Å². The van der Waals surface area contributed by atoms with Crippen LogP contribution in [0.4, 0.5) is 0 Å². The molecule has 0 atom stereocenters. The molecule has 2 heterocycles. The van der Waals surface area contributed by atoms with Crippen LogP contribution in [-0.4, -0.2) is 21.0 Å². The fraction of sp³-hybridized carbons (Fsp3) is 0.250. The van der Waals surface area contributed by atoms with Gasteiger partial charge in [0, 0.05) is 12.7 Å². The van der Waals surface area contributed by atoms with Crippen LogP contribution in [0.2, 0.25) is 0 Å². The highest BCUT2D eigenvalue weighted by Gasteiger charge is 2.10. The fourth-order valence-corrected chi connectivity index (χ4v) is 1.56. The maximum atomic E-state index is 10.9. The molecule has 0 aliphatic carbocycles. The molecule has 0 fully saturated rings. The van der Waals surface area contributed by atoms with E-state index in [1.165, 1.54) is 12.5 Å². The number of hydrogen-bond acceptors (Lipinski definition) is 5. The number of carbonyl (C=O) groups is 1. The highest BCUT2D eigenvalue weighted by Crippen LogP contribution is 2.07. The Balaban J connectivity index is 1.96. The molecule has 0 spiro atoms. The molecule has 2 N–H and O–H groups in total. The maximum Gasteiger partial charge on any atom is 0.339 e. The predicted octanol–water partition coefficient (Wildman–Crippen LogP) is 1.37. The van der Waals surface area contributed by atoms with E-state index in [1.54, 1.807) is 0 Å². The zero-order chi connectivity index (χ0) is 13.0.